The van der Waals surface area contributed by atoms with E-state index in [0.717, 1.165) is 43.1 Å². The minimum absolute atomic E-state index is 0.0453. The topological polar surface area (TPSA) is 90.4 Å². The van der Waals surface area contributed by atoms with Crippen molar-refractivity contribution in [2.24, 2.45) is 5.22 Å². The molecule has 0 aliphatic carbocycles. The molecule has 104 valence electrons. The van der Waals surface area contributed by atoms with E-state index in [1.165, 1.54) is 0 Å². The summed E-state index contributed by atoms with van der Waals surface area (Å²) in [5.74, 6) is 0.755. The molecular weight excluding hydrogens is 244 g/mol. The zero-order valence-corrected chi connectivity index (χ0v) is 11.4. The van der Waals surface area contributed by atoms with Gasteiger partial charge < -0.3 is 9.64 Å². The van der Waals surface area contributed by atoms with Gasteiger partial charge in [0.2, 0.25) is 0 Å². The first-order valence-electron chi connectivity index (χ1n) is 6.49. The largest absolute Gasteiger partial charge is 0.375 e. The van der Waals surface area contributed by atoms with E-state index in [4.69, 9.17) is 15.7 Å². The molecule has 1 saturated heterocycles. The molecule has 1 aromatic rings. The van der Waals surface area contributed by atoms with Gasteiger partial charge in [-0.25, -0.2) is 0 Å². The van der Waals surface area contributed by atoms with Gasteiger partial charge >= 0.3 is 0 Å². The summed E-state index contributed by atoms with van der Waals surface area (Å²) in [6.45, 7) is 6.62. The number of ether oxygens (including phenoxy) is 1. The van der Waals surface area contributed by atoms with Crippen LogP contribution in [0.2, 0.25) is 0 Å². The maximum Gasteiger partial charge on any atom is 0.168 e. The van der Waals surface area contributed by atoms with E-state index < -0.39 is 0 Å². The highest BCUT2D eigenvalue weighted by Gasteiger charge is 2.30. The lowest BCUT2D eigenvalue weighted by Gasteiger charge is -2.39. The van der Waals surface area contributed by atoms with Crippen LogP contribution in [0.4, 0.5) is 5.82 Å². The van der Waals surface area contributed by atoms with Gasteiger partial charge in [-0.15, -0.1) is 9.89 Å². The second-order valence-corrected chi connectivity index (χ2v) is 4.94. The van der Waals surface area contributed by atoms with Crippen molar-refractivity contribution < 1.29 is 4.74 Å². The molecule has 0 radical (unpaired) electrons. The lowest BCUT2D eigenvalue weighted by Crippen LogP contribution is -2.45. The summed E-state index contributed by atoms with van der Waals surface area (Å²) in [6.07, 6.45) is 1.90. The maximum atomic E-state index is 7.55. The van der Waals surface area contributed by atoms with Gasteiger partial charge in [0.25, 0.3) is 0 Å². The highest BCUT2D eigenvalue weighted by Crippen LogP contribution is 2.27. The number of hydrogen-bond donors (Lipinski definition) is 2. The van der Waals surface area contributed by atoms with E-state index in [9.17, 15) is 0 Å². The molecular formula is C12H20N6O. The van der Waals surface area contributed by atoms with Crippen LogP contribution in [0.15, 0.2) is 17.4 Å². The van der Waals surface area contributed by atoms with Gasteiger partial charge in [-0.1, -0.05) is 5.22 Å². The number of anilines is 1. The van der Waals surface area contributed by atoms with Crippen LogP contribution < -0.4 is 10.4 Å². The number of nitrogens with one attached hydrogen (secondary N) is 2. The van der Waals surface area contributed by atoms with Gasteiger partial charge in [-0.3, -0.25) is 5.41 Å². The van der Waals surface area contributed by atoms with Crippen LogP contribution >= 0.6 is 0 Å². The summed E-state index contributed by atoms with van der Waals surface area (Å²) < 4.78 is 5.79. The minimum atomic E-state index is -0.0453. The molecule has 1 aromatic heterocycles. The first-order valence-corrected chi connectivity index (χ1v) is 6.49. The average molecular weight is 264 g/mol. The lowest BCUT2D eigenvalue weighted by atomic mass is 9.93. The molecule has 19 heavy (non-hydrogen) atoms. The van der Waals surface area contributed by atoms with E-state index in [2.05, 4.69) is 22.1 Å². The van der Waals surface area contributed by atoms with Crippen molar-refractivity contribution in [3.05, 3.63) is 17.6 Å². The molecule has 2 N–H and O–H groups in total. The quantitative estimate of drug-likeness (QED) is 0.808. The van der Waals surface area contributed by atoms with Crippen LogP contribution in [0.5, 0.6) is 0 Å². The van der Waals surface area contributed by atoms with Crippen LogP contribution in [-0.4, -0.2) is 35.2 Å². The van der Waals surface area contributed by atoms with Gasteiger partial charge in [-0.05, 0) is 38.8 Å². The fraction of sp³-hybridized carbons (Fsp3) is 0.667. The Morgan fingerprint density at radius 2 is 2.11 bits per heavy atom. The van der Waals surface area contributed by atoms with Crippen LogP contribution in [0.25, 0.3) is 0 Å². The van der Waals surface area contributed by atoms with E-state index in [0.29, 0.717) is 0 Å². The van der Waals surface area contributed by atoms with Crippen LogP contribution in [0.3, 0.4) is 0 Å². The second kappa shape index (κ2) is 5.48. The standard InChI is InChI=1S/C12H20N6O/c1-3-19-12(2)6-8-17(9-7-12)11-5-4-10(13)18(15-11)16-14/h4-5,13-14H,3,6-9H2,1-2H3. The van der Waals surface area contributed by atoms with E-state index >= 15 is 0 Å². The Labute approximate surface area is 112 Å². The highest BCUT2D eigenvalue weighted by atomic mass is 16.5. The zero-order valence-electron chi connectivity index (χ0n) is 11.4. The fourth-order valence-electron chi connectivity index (χ4n) is 2.35. The minimum Gasteiger partial charge on any atom is -0.375 e. The summed E-state index contributed by atoms with van der Waals surface area (Å²) in [4.78, 5) is 3.16. The predicted octanol–water partition coefficient (Wildman–Crippen LogP) is 1.55. The maximum absolute atomic E-state index is 7.55. The Hall–Kier alpha value is -1.76. The molecule has 7 nitrogen and oxygen atoms in total. The normalized spacial score (nSPS) is 18.3. The monoisotopic (exact) mass is 264 g/mol. The molecule has 0 unspecified atom stereocenters. The smallest absolute Gasteiger partial charge is 0.168 e. The Morgan fingerprint density at radius 3 is 2.68 bits per heavy atom. The number of aromatic nitrogens is 2. The van der Waals surface area contributed by atoms with Crippen LogP contribution in [0.1, 0.15) is 26.7 Å². The van der Waals surface area contributed by atoms with E-state index in [1.54, 1.807) is 12.1 Å². The summed E-state index contributed by atoms with van der Waals surface area (Å²) in [5.41, 5.74) is 7.04. The Kier molecular flexibility index (Phi) is 3.94. The molecule has 1 fully saturated rings. The van der Waals surface area contributed by atoms with Gasteiger partial charge in [0.05, 0.1) is 5.60 Å². The van der Waals surface area contributed by atoms with Crippen molar-refractivity contribution in [2.75, 3.05) is 24.6 Å². The predicted molar refractivity (Wildman–Crippen MR) is 70.1 cm³/mol. The molecule has 0 aromatic carbocycles. The SMILES string of the molecule is CCOC1(C)CCN(c2ccc(=N)n(N=N)n2)CC1. The summed E-state index contributed by atoms with van der Waals surface area (Å²) >= 11 is 0. The third kappa shape index (κ3) is 2.98. The van der Waals surface area contributed by atoms with Crippen molar-refractivity contribution in [3.8, 4) is 0 Å². The number of piperidine rings is 1. The molecule has 0 spiro atoms. The second-order valence-electron chi connectivity index (χ2n) is 4.94. The molecule has 2 heterocycles. The molecule has 0 amide bonds. The molecule has 7 heteroatoms. The van der Waals surface area contributed by atoms with Gasteiger partial charge in [0.15, 0.2) is 11.3 Å². The zero-order chi connectivity index (χ0) is 13.9. The number of rotatable bonds is 4. The number of hydrogen-bond acceptors (Lipinski definition) is 6. The van der Waals surface area contributed by atoms with Crippen molar-refractivity contribution >= 4 is 5.82 Å². The first kappa shape index (κ1) is 13.7. The molecule has 0 atom stereocenters. The van der Waals surface area contributed by atoms with Crippen LogP contribution in [-0.2, 0) is 4.74 Å². The molecule has 0 saturated carbocycles. The number of nitrogens with zero attached hydrogens (tertiary/aromatic N) is 4. The molecule has 1 aliphatic heterocycles. The average Bonchev–Trinajstić information content (AvgIpc) is 2.40. The highest BCUT2D eigenvalue weighted by molar-refractivity contribution is 5.37. The van der Waals surface area contributed by atoms with Gasteiger partial charge in [0.1, 0.15) is 0 Å². The fourth-order valence-corrected chi connectivity index (χ4v) is 2.35. The first-order chi connectivity index (χ1) is 9.08. The summed E-state index contributed by atoms with van der Waals surface area (Å²) in [6, 6.07) is 3.41. The van der Waals surface area contributed by atoms with Gasteiger partial charge in [0, 0.05) is 19.7 Å². The summed E-state index contributed by atoms with van der Waals surface area (Å²) in [7, 11) is 0. The Balaban J connectivity index is 2.09. The molecule has 0 bridgehead atoms. The lowest BCUT2D eigenvalue weighted by molar-refractivity contribution is -0.0414. The Morgan fingerprint density at radius 1 is 1.42 bits per heavy atom. The summed E-state index contributed by atoms with van der Waals surface area (Å²) in [5, 5.41) is 14.9. The van der Waals surface area contributed by atoms with Crippen molar-refractivity contribution in [2.45, 2.75) is 32.3 Å². The van der Waals surface area contributed by atoms with Crippen molar-refractivity contribution in [1.29, 1.82) is 10.9 Å². The van der Waals surface area contributed by atoms with Crippen molar-refractivity contribution in [3.63, 3.8) is 0 Å². The molecule has 2 rings (SSSR count). The third-order valence-corrected chi connectivity index (χ3v) is 3.54. The van der Waals surface area contributed by atoms with E-state index in [-0.39, 0.29) is 11.1 Å². The Bertz CT molecular complexity index is 503. The van der Waals surface area contributed by atoms with E-state index in [1.807, 2.05) is 6.92 Å². The van der Waals surface area contributed by atoms with Gasteiger partial charge in [-0.2, -0.15) is 5.53 Å². The van der Waals surface area contributed by atoms with Crippen molar-refractivity contribution in [1.82, 2.24) is 9.89 Å². The van der Waals surface area contributed by atoms with Crippen LogP contribution in [0, 0.1) is 10.9 Å². The molecule has 1 aliphatic rings. The third-order valence-electron chi connectivity index (χ3n) is 3.54.